The first kappa shape index (κ1) is 12.9. The van der Waals surface area contributed by atoms with Crippen molar-refractivity contribution < 1.29 is 5.11 Å². The van der Waals surface area contributed by atoms with Crippen LogP contribution in [0.5, 0.6) is 0 Å². The maximum absolute atomic E-state index is 9.90. The lowest BCUT2D eigenvalue weighted by atomic mass is 10.1. The molecule has 0 radical (unpaired) electrons. The van der Waals surface area contributed by atoms with E-state index in [1.54, 1.807) is 0 Å². The van der Waals surface area contributed by atoms with Gasteiger partial charge in [0.05, 0.1) is 0 Å². The Balaban J connectivity index is 4.20. The summed E-state index contributed by atoms with van der Waals surface area (Å²) in [4.78, 5) is 2.14. The lowest BCUT2D eigenvalue weighted by Crippen LogP contribution is -2.47. The molecule has 13 heavy (non-hydrogen) atoms. The summed E-state index contributed by atoms with van der Waals surface area (Å²) >= 11 is 0. The molecule has 0 aliphatic heterocycles. The van der Waals surface area contributed by atoms with E-state index in [0.29, 0.717) is 11.8 Å². The predicted octanol–water partition coefficient (Wildman–Crippen LogP) is 2.33. The van der Waals surface area contributed by atoms with Gasteiger partial charge in [-0.2, -0.15) is 0 Å². The minimum atomic E-state index is -0.686. The van der Waals surface area contributed by atoms with Crippen LogP contribution in [0.4, 0.5) is 0 Å². The van der Waals surface area contributed by atoms with E-state index < -0.39 is 5.72 Å². The van der Waals surface area contributed by atoms with Crippen LogP contribution < -0.4 is 0 Å². The fourth-order valence-corrected chi connectivity index (χ4v) is 1.40. The summed E-state index contributed by atoms with van der Waals surface area (Å²) in [5, 5.41) is 9.90. The van der Waals surface area contributed by atoms with Gasteiger partial charge < -0.3 is 5.11 Å². The Hall–Kier alpha value is -0.0800. The highest BCUT2D eigenvalue weighted by Gasteiger charge is 2.24. The molecule has 2 heteroatoms. The van der Waals surface area contributed by atoms with Crippen molar-refractivity contribution in [1.82, 2.24) is 4.90 Å². The molecule has 0 aliphatic carbocycles. The molecule has 0 saturated carbocycles. The van der Waals surface area contributed by atoms with Crippen molar-refractivity contribution in [2.45, 2.75) is 47.3 Å². The van der Waals surface area contributed by atoms with Crippen LogP contribution in [0, 0.1) is 11.8 Å². The van der Waals surface area contributed by atoms with E-state index in [9.17, 15) is 5.11 Å². The average molecular weight is 187 g/mol. The quantitative estimate of drug-likeness (QED) is 0.668. The minimum Gasteiger partial charge on any atom is -0.376 e. The van der Waals surface area contributed by atoms with Crippen LogP contribution in [0.15, 0.2) is 0 Å². The third kappa shape index (κ3) is 6.05. The Morgan fingerprint density at radius 3 is 1.46 bits per heavy atom. The van der Waals surface area contributed by atoms with Crippen LogP contribution in [0.25, 0.3) is 0 Å². The topological polar surface area (TPSA) is 23.5 Å². The van der Waals surface area contributed by atoms with E-state index >= 15 is 0 Å². The summed E-state index contributed by atoms with van der Waals surface area (Å²) in [5.41, 5.74) is -0.686. The first-order valence-corrected chi connectivity index (χ1v) is 5.21. The standard InChI is InChI=1S/C11H25NO/c1-9(2)7-12(8-10(3)4)11(5,6)13/h9-10,13H,7-8H2,1-6H3. The van der Waals surface area contributed by atoms with Gasteiger partial charge in [-0.25, -0.2) is 0 Å². The van der Waals surface area contributed by atoms with Crippen molar-refractivity contribution in [3.05, 3.63) is 0 Å². The molecule has 0 aromatic heterocycles. The fourth-order valence-electron chi connectivity index (χ4n) is 1.40. The molecule has 0 spiro atoms. The summed E-state index contributed by atoms with van der Waals surface area (Å²) in [7, 11) is 0. The molecule has 0 atom stereocenters. The van der Waals surface area contributed by atoms with E-state index in [0.717, 1.165) is 13.1 Å². The van der Waals surface area contributed by atoms with Gasteiger partial charge in [-0.15, -0.1) is 0 Å². The summed E-state index contributed by atoms with van der Waals surface area (Å²) in [6.07, 6.45) is 0. The zero-order valence-electron chi connectivity index (χ0n) is 9.96. The molecular formula is C11H25NO. The number of nitrogens with zero attached hydrogens (tertiary/aromatic N) is 1. The summed E-state index contributed by atoms with van der Waals surface area (Å²) in [5.74, 6) is 1.20. The number of aliphatic hydroxyl groups is 1. The second kappa shape index (κ2) is 4.97. The summed E-state index contributed by atoms with van der Waals surface area (Å²) in [6.45, 7) is 14.4. The lowest BCUT2D eigenvalue weighted by Gasteiger charge is -2.36. The third-order valence-corrected chi connectivity index (χ3v) is 1.94. The molecule has 0 bridgehead atoms. The van der Waals surface area contributed by atoms with E-state index in [-0.39, 0.29) is 0 Å². The third-order valence-electron chi connectivity index (χ3n) is 1.94. The predicted molar refractivity (Wildman–Crippen MR) is 57.5 cm³/mol. The molecule has 0 aromatic rings. The summed E-state index contributed by atoms with van der Waals surface area (Å²) in [6, 6.07) is 0. The summed E-state index contributed by atoms with van der Waals surface area (Å²) < 4.78 is 0. The number of hydrogen-bond acceptors (Lipinski definition) is 2. The molecule has 0 saturated heterocycles. The van der Waals surface area contributed by atoms with E-state index in [4.69, 9.17) is 0 Å². The number of rotatable bonds is 5. The molecule has 2 nitrogen and oxygen atoms in total. The Labute approximate surface area is 82.9 Å². The van der Waals surface area contributed by atoms with Crippen LogP contribution in [0.2, 0.25) is 0 Å². The van der Waals surface area contributed by atoms with Crippen LogP contribution >= 0.6 is 0 Å². The van der Waals surface area contributed by atoms with Gasteiger partial charge in [0.2, 0.25) is 0 Å². The van der Waals surface area contributed by atoms with E-state index in [1.165, 1.54) is 0 Å². The van der Waals surface area contributed by atoms with Crippen molar-refractivity contribution in [1.29, 1.82) is 0 Å². The van der Waals surface area contributed by atoms with Crippen molar-refractivity contribution in [3.8, 4) is 0 Å². The normalized spacial score (nSPS) is 13.4. The SMILES string of the molecule is CC(C)CN(CC(C)C)C(C)(C)O. The first-order chi connectivity index (χ1) is 5.73. The molecule has 80 valence electrons. The zero-order chi connectivity index (χ0) is 10.6. The average Bonchev–Trinajstić information content (AvgIpc) is 1.81. The highest BCUT2D eigenvalue weighted by Crippen LogP contribution is 2.14. The fraction of sp³-hybridized carbons (Fsp3) is 1.00. The van der Waals surface area contributed by atoms with Crippen molar-refractivity contribution in [3.63, 3.8) is 0 Å². The van der Waals surface area contributed by atoms with Crippen molar-refractivity contribution in [2.75, 3.05) is 13.1 Å². The van der Waals surface area contributed by atoms with Gasteiger partial charge in [0.1, 0.15) is 5.72 Å². The van der Waals surface area contributed by atoms with Crippen LogP contribution in [-0.4, -0.2) is 28.8 Å². The van der Waals surface area contributed by atoms with Gasteiger partial charge in [0.15, 0.2) is 0 Å². The van der Waals surface area contributed by atoms with Crippen molar-refractivity contribution >= 4 is 0 Å². The minimum absolute atomic E-state index is 0.602. The molecule has 0 rings (SSSR count). The second-order valence-corrected chi connectivity index (χ2v) is 5.19. The molecule has 0 heterocycles. The zero-order valence-corrected chi connectivity index (χ0v) is 9.96. The van der Waals surface area contributed by atoms with Crippen LogP contribution in [0.3, 0.4) is 0 Å². The van der Waals surface area contributed by atoms with Gasteiger partial charge in [0.25, 0.3) is 0 Å². The Morgan fingerprint density at radius 1 is 1.00 bits per heavy atom. The lowest BCUT2D eigenvalue weighted by molar-refractivity contribution is -0.0882. The van der Waals surface area contributed by atoms with E-state index in [2.05, 4.69) is 32.6 Å². The molecular weight excluding hydrogens is 162 g/mol. The first-order valence-electron chi connectivity index (χ1n) is 5.21. The van der Waals surface area contributed by atoms with Gasteiger partial charge in [-0.1, -0.05) is 27.7 Å². The smallest absolute Gasteiger partial charge is 0.112 e. The Kier molecular flexibility index (Phi) is 4.93. The molecule has 1 N–H and O–H groups in total. The van der Waals surface area contributed by atoms with Gasteiger partial charge in [0, 0.05) is 13.1 Å². The molecule has 0 unspecified atom stereocenters. The van der Waals surface area contributed by atoms with E-state index in [1.807, 2.05) is 13.8 Å². The van der Waals surface area contributed by atoms with Gasteiger partial charge >= 0.3 is 0 Å². The molecule has 0 aliphatic rings. The maximum atomic E-state index is 9.90. The van der Waals surface area contributed by atoms with Gasteiger partial charge in [-0.05, 0) is 25.7 Å². The molecule has 0 amide bonds. The Morgan fingerprint density at radius 2 is 1.31 bits per heavy atom. The maximum Gasteiger partial charge on any atom is 0.112 e. The highest BCUT2D eigenvalue weighted by molar-refractivity contribution is 4.71. The molecule has 0 aromatic carbocycles. The monoisotopic (exact) mass is 187 g/mol. The Bertz CT molecular complexity index is 126. The largest absolute Gasteiger partial charge is 0.376 e. The highest BCUT2D eigenvalue weighted by atomic mass is 16.3. The second-order valence-electron chi connectivity index (χ2n) is 5.19. The van der Waals surface area contributed by atoms with Crippen LogP contribution in [0.1, 0.15) is 41.5 Å². The van der Waals surface area contributed by atoms with Crippen LogP contribution in [-0.2, 0) is 0 Å². The van der Waals surface area contributed by atoms with Crippen molar-refractivity contribution in [2.24, 2.45) is 11.8 Å². The molecule has 0 fully saturated rings. The number of hydrogen-bond donors (Lipinski definition) is 1. The van der Waals surface area contributed by atoms with Gasteiger partial charge in [-0.3, -0.25) is 4.90 Å².